The third kappa shape index (κ3) is 3.38. The summed E-state index contributed by atoms with van der Waals surface area (Å²) in [5, 5.41) is 3.41. The number of halogens is 1. The second-order valence-corrected chi connectivity index (χ2v) is 8.12. The Morgan fingerprint density at radius 2 is 1.87 bits per heavy atom. The molecule has 6 nitrogen and oxygen atoms in total. The molecule has 0 saturated carbocycles. The van der Waals surface area contributed by atoms with Gasteiger partial charge in [0.05, 0.1) is 11.1 Å². The molecule has 2 aliphatic heterocycles. The summed E-state index contributed by atoms with van der Waals surface area (Å²) in [4.78, 5) is 14.2. The molecular weight excluding hydrogens is 338 g/mol. The number of hydrogen-bond acceptors (Lipinski definition) is 4. The maximum Gasteiger partial charge on any atom is 0.244 e. The van der Waals surface area contributed by atoms with Gasteiger partial charge in [0.2, 0.25) is 15.9 Å². The van der Waals surface area contributed by atoms with Crippen LogP contribution < -0.4 is 5.32 Å². The van der Waals surface area contributed by atoms with Crippen LogP contribution in [-0.2, 0) is 14.8 Å². The number of nitrogens with zero attached hydrogens (tertiary/aromatic N) is 2. The van der Waals surface area contributed by atoms with Crippen molar-refractivity contribution >= 4 is 27.5 Å². The summed E-state index contributed by atoms with van der Waals surface area (Å²) in [5.41, 5.74) is 0. The molecule has 2 aliphatic rings. The van der Waals surface area contributed by atoms with Crippen molar-refractivity contribution in [1.29, 1.82) is 0 Å². The fraction of sp³-hybridized carbons (Fsp3) is 0.533. The number of carbonyl (C=O) groups excluding carboxylic acids is 1. The van der Waals surface area contributed by atoms with E-state index in [0.717, 1.165) is 19.4 Å². The minimum atomic E-state index is -3.61. The van der Waals surface area contributed by atoms with Crippen LogP contribution in [-0.4, -0.2) is 62.3 Å². The van der Waals surface area contributed by atoms with Crippen LogP contribution in [0.25, 0.3) is 0 Å². The molecule has 2 heterocycles. The molecule has 1 N–H and O–H groups in total. The van der Waals surface area contributed by atoms with Crippen molar-refractivity contribution < 1.29 is 13.2 Å². The number of hydrogen-bond donors (Lipinski definition) is 1. The highest BCUT2D eigenvalue weighted by Crippen LogP contribution is 2.25. The molecule has 0 spiro atoms. The Morgan fingerprint density at radius 3 is 2.48 bits per heavy atom. The number of carbonyl (C=O) groups is 1. The molecular formula is C15H20ClN3O3S. The van der Waals surface area contributed by atoms with Crippen molar-refractivity contribution in [3.8, 4) is 0 Å². The number of benzene rings is 1. The zero-order chi connectivity index (χ0) is 16.4. The van der Waals surface area contributed by atoms with E-state index in [1.807, 2.05) is 0 Å². The minimum Gasteiger partial charge on any atom is -0.339 e. The first-order valence-corrected chi connectivity index (χ1v) is 9.59. The van der Waals surface area contributed by atoms with Crippen molar-refractivity contribution in [3.05, 3.63) is 29.3 Å². The van der Waals surface area contributed by atoms with Gasteiger partial charge >= 0.3 is 0 Å². The third-order valence-corrected chi connectivity index (χ3v) is 6.76. The first-order valence-electron chi connectivity index (χ1n) is 7.77. The Balaban J connectivity index is 1.66. The molecule has 1 amide bonds. The summed E-state index contributed by atoms with van der Waals surface area (Å²) in [6.07, 6.45) is 1.87. The van der Waals surface area contributed by atoms with Crippen LogP contribution in [0.1, 0.15) is 12.8 Å². The van der Waals surface area contributed by atoms with Gasteiger partial charge < -0.3 is 10.2 Å². The molecule has 0 aliphatic carbocycles. The van der Waals surface area contributed by atoms with Crippen LogP contribution in [0.5, 0.6) is 0 Å². The lowest BCUT2D eigenvalue weighted by molar-refractivity contribution is -0.134. The smallest absolute Gasteiger partial charge is 0.244 e. The van der Waals surface area contributed by atoms with Gasteiger partial charge in [-0.25, -0.2) is 8.42 Å². The minimum absolute atomic E-state index is 0.0808. The van der Waals surface area contributed by atoms with Gasteiger partial charge in [-0.1, -0.05) is 23.7 Å². The second-order valence-electron chi connectivity index (χ2n) is 5.81. The second kappa shape index (κ2) is 6.76. The summed E-state index contributed by atoms with van der Waals surface area (Å²) in [5.74, 6) is 0.0808. The monoisotopic (exact) mass is 357 g/mol. The molecule has 8 heteroatoms. The van der Waals surface area contributed by atoms with Crippen LogP contribution in [0.2, 0.25) is 5.02 Å². The standard InChI is InChI=1S/C15H20ClN3O3S/c16-12-4-1-2-6-14(12)23(21,22)19-10-8-18(9-11-19)15(20)13-5-3-7-17-13/h1-2,4,6,13,17H,3,5,7-11H2. The van der Waals surface area contributed by atoms with Crippen molar-refractivity contribution in [3.63, 3.8) is 0 Å². The van der Waals surface area contributed by atoms with Gasteiger partial charge in [-0.3, -0.25) is 4.79 Å². The topological polar surface area (TPSA) is 69.7 Å². The molecule has 1 aromatic carbocycles. The average molecular weight is 358 g/mol. The average Bonchev–Trinajstić information content (AvgIpc) is 3.09. The largest absolute Gasteiger partial charge is 0.339 e. The van der Waals surface area contributed by atoms with Gasteiger partial charge in [-0.05, 0) is 31.5 Å². The van der Waals surface area contributed by atoms with E-state index in [0.29, 0.717) is 26.2 Å². The number of nitrogens with one attached hydrogen (secondary N) is 1. The number of amides is 1. The van der Waals surface area contributed by atoms with Gasteiger partial charge in [0.15, 0.2) is 0 Å². The van der Waals surface area contributed by atoms with Crippen molar-refractivity contribution in [2.45, 2.75) is 23.8 Å². The summed E-state index contributed by atoms with van der Waals surface area (Å²) < 4.78 is 26.7. The van der Waals surface area contributed by atoms with E-state index < -0.39 is 10.0 Å². The molecule has 0 radical (unpaired) electrons. The third-order valence-electron chi connectivity index (χ3n) is 4.36. The number of sulfonamides is 1. The molecule has 23 heavy (non-hydrogen) atoms. The van der Waals surface area contributed by atoms with Crippen LogP contribution in [0, 0.1) is 0 Å². The van der Waals surface area contributed by atoms with Gasteiger partial charge in [0.25, 0.3) is 0 Å². The van der Waals surface area contributed by atoms with Gasteiger partial charge in [0.1, 0.15) is 4.90 Å². The zero-order valence-electron chi connectivity index (χ0n) is 12.7. The van der Waals surface area contributed by atoms with E-state index in [-0.39, 0.29) is 21.9 Å². The number of rotatable bonds is 3. The van der Waals surface area contributed by atoms with Crippen molar-refractivity contribution in [1.82, 2.24) is 14.5 Å². The van der Waals surface area contributed by atoms with Crippen LogP contribution in [0.15, 0.2) is 29.2 Å². The van der Waals surface area contributed by atoms with E-state index in [1.165, 1.54) is 10.4 Å². The quantitative estimate of drug-likeness (QED) is 0.873. The van der Waals surface area contributed by atoms with E-state index in [9.17, 15) is 13.2 Å². The summed E-state index contributed by atoms with van der Waals surface area (Å²) >= 11 is 6.01. The molecule has 0 aromatic heterocycles. The lowest BCUT2D eigenvalue weighted by Crippen LogP contribution is -2.54. The zero-order valence-corrected chi connectivity index (χ0v) is 14.3. The summed E-state index contributed by atoms with van der Waals surface area (Å²) in [6, 6.07) is 6.33. The number of piperazine rings is 1. The summed E-state index contributed by atoms with van der Waals surface area (Å²) in [7, 11) is -3.61. The Kier molecular flexibility index (Phi) is 4.91. The highest BCUT2D eigenvalue weighted by Gasteiger charge is 2.33. The Morgan fingerprint density at radius 1 is 1.17 bits per heavy atom. The molecule has 1 atom stereocenters. The summed E-state index contributed by atoms with van der Waals surface area (Å²) in [6.45, 7) is 2.30. The molecule has 1 aromatic rings. The van der Waals surface area contributed by atoms with E-state index in [1.54, 1.807) is 23.1 Å². The first-order chi connectivity index (χ1) is 11.0. The fourth-order valence-corrected chi connectivity index (χ4v) is 4.97. The Hall–Kier alpha value is -1.15. The van der Waals surface area contributed by atoms with E-state index in [4.69, 9.17) is 11.6 Å². The van der Waals surface area contributed by atoms with Crippen LogP contribution in [0.3, 0.4) is 0 Å². The van der Waals surface area contributed by atoms with E-state index in [2.05, 4.69) is 5.32 Å². The maximum atomic E-state index is 12.7. The van der Waals surface area contributed by atoms with Gasteiger partial charge in [0, 0.05) is 26.2 Å². The van der Waals surface area contributed by atoms with Crippen molar-refractivity contribution in [2.24, 2.45) is 0 Å². The molecule has 126 valence electrons. The van der Waals surface area contributed by atoms with Gasteiger partial charge in [-0.2, -0.15) is 4.31 Å². The van der Waals surface area contributed by atoms with Crippen molar-refractivity contribution in [2.75, 3.05) is 32.7 Å². The van der Waals surface area contributed by atoms with Gasteiger partial charge in [-0.15, -0.1) is 0 Å². The fourth-order valence-electron chi connectivity index (χ4n) is 3.06. The lowest BCUT2D eigenvalue weighted by Gasteiger charge is -2.35. The molecule has 1 unspecified atom stereocenters. The molecule has 2 fully saturated rings. The molecule has 2 saturated heterocycles. The van der Waals surface area contributed by atoms with Crippen LogP contribution >= 0.6 is 11.6 Å². The molecule has 3 rings (SSSR count). The Bertz CT molecular complexity index is 681. The SMILES string of the molecule is O=C(C1CCCN1)N1CCN(S(=O)(=O)c2ccccc2Cl)CC1. The first kappa shape index (κ1) is 16.7. The predicted octanol–water partition coefficient (Wildman–Crippen LogP) is 0.925. The predicted molar refractivity (Wildman–Crippen MR) is 87.8 cm³/mol. The maximum absolute atomic E-state index is 12.7. The van der Waals surface area contributed by atoms with Crippen LogP contribution in [0.4, 0.5) is 0 Å². The molecule has 0 bridgehead atoms. The highest BCUT2D eigenvalue weighted by atomic mass is 35.5. The van der Waals surface area contributed by atoms with E-state index >= 15 is 0 Å². The lowest BCUT2D eigenvalue weighted by atomic mass is 10.2. The highest BCUT2D eigenvalue weighted by molar-refractivity contribution is 7.89. The normalized spacial score (nSPS) is 23.2. The Labute approximate surface area is 141 Å².